The second-order valence-electron chi connectivity index (χ2n) is 6.58. The van der Waals surface area contributed by atoms with E-state index in [1.807, 2.05) is 6.20 Å². The summed E-state index contributed by atoms with van der Waals surface area (Å²) < 4.78 is 0. The standard InChI is InChI=1S/C18H22N4OS/c23-18-4-3-14-13-21(17-12-19-7-8-20-17)9-6-16(14)22(18)10-5-15-2-1-11-24-15/h1-2,7-8,11-12,14,16H,3-6,9-10,13H2/t14-,16+/m1/s1. The van der Waals surface area contributed by atoms with E-state index in [4.69, 9.17) is 0 Å². The number of likely N-dealkylation sites (tertiary alicyclic amines) is 1. The Balaban J connectivity index is 1.43. The molecule has 126 valence electrons. The van der Waals surface area contributed by atoms with E-state index in [1.54, 1.807) is 23.7 Å². The normalized spacial score (nSPS) is 24.1. The molecule has 5 nitrogen and oxygen atoms in total. The van der Waals surface area contributed by atoms with Crippen LogP contribution in [0.25, 0.3) is 0 Å². The molecule has 0 bridgehead atoms. The van der Waals surface area contributed by atoms with Crippen LogP contribution in [0, 0.1) is 5.92 Å². The maximum atomic E-state index is 12.5. The van der Waals surface area contributed by atoms with Crippen LogP contribution >= 0.6 is 11.3 Å². The Bertz CT molecular complexity index is 676. The van der Waals surface area contributed by atoms with E-state index in [9.17, 15) is 4.79 Å². The lowest BCUT2D eigenvalue weighted by atomic mass is 9.83. The molecule has 0 saturated carbocycles. The first-order chi connectivity index (χ1) is 11.8. The van der Waals surface area contributed by atoms with E-state index in [0.717, 1.165) is 44.7 Å². The van der Waals surface area contributed by atoms with Crippen molar-refractivity contribution in [2.45, 2.75) is 31.7 Å². The summed E-state index contributed by atoms with van der Waals surface area (Å²) in [5.41, 5.74) is 0. The minimum absolute atomic E-state index is 0.334. The molecule has 0 aliphatic carbocycles. The first kappa shape index (κ1) is 15.6. The number of piperidine rings is 2. The third kappa shape index (κ3) is 3.15. The second kappa shape index (κ2) is 6.89. The first-order valence-electron chi connectivity index (χ1n) is 8.64. The lowest BCUT2D eigenvalue weighted by molar-refractivity contribution is -0.139. The molecule has 4 heterocycles. The third-order valence-corrected chi connectivity index (χ3v) is 6.13. The molecular formula is C18H22N4OS. The van der Waals surface area contributed by atoms with Crippen LogP contribution in [0.1, 0.15) is 24.1 Å². The van der Waals surface area contributed by atoms with Gasteiger partial charge in [0.05, 0.1) is 6.20 Å². The van der Waals surface area contributed by atoms with Crippen molar-refractivity contribution in [3.8, 4) is 0 Å². The lowest BCUT2D eigenvalue weighted by Gasteiger charge is -2.47. The maximum absolute atomic E-state index is 12.5. The van der Waals surface area contributed by atoms with Crippen molar-refractivity contribution in [2.24, 2.45) is 5.92 Å². The molecule has 0 spiro atoms. The molecule has 0 unspecified atom stereocenters. The number of rotatable bonds is 4. The van der Waals surface area contributed by atoms with Crippen molar-refractivity contribution in [3.05, 3.63) is 41.0 Å². The Morgan fingerprint density at radius 1 is 1.29 bits per heavy atom. The maximum Gasteiger partial charge on any atom is 0.222 e. The van der Waals surface area contributed by atoms with Crippen molar-refractivity contribution in [3.63, 3.8) is 0 Å². The Morgan fingerprint density at radius 2 is 2.25 bits per heavy atom. The molecule has 2 aromatic heterocycles. The van der Waals surface area contributed by atoms with Gasteiger partial charge in [-0.2, -0.15) is 0 Å². The average Bonchev–Trinajstić information content (AvgIpc) is 3.15. The van der Waals surface area contributed by atoms with Gasteiger partial charge < -0.3 is 9.80 Å². The summed E-state index contributed by atoms with van der Waals surface area (Å²) in [5.74, 6) is 1.83. The van der Waals surface area contributed by atoms with E-state index in [-0.39, 0.29) is 0 Å². The Labute approximate surface area is 146 Å². The number of carbonyl (C=O) groups excluding carboxylic acids is 1. The zero-order valence-electron chi connectivity index (χ0n) is 13.7. The number of aromatic nitrogens is 2. The van der Waals surface area contributed by atoms with Crippen LogP contribution in [0.2, 0.25) is 0 Å². The third-order valence-electron chi connectivity index (χ3n) is 5.20. The van der Waals surface area contributed by atoms with Gasteiger partial charge in [0.2, 0.25) is 5.91 Å². The molecule has 2 saturated heterocycles. The zero-order valence-corrected chi connectivity index (χ0v) is 14.5. The summed E-state index contributed by atoms with van der Waals surface area (Å²) in [7, 11) is 0. The molecule has 0 radical (unpaired) electrons. The lowest BCUT2D eigenvalue weighted by Crippen LogP contribution is -2.56. The van der Waals surface area contributed by atoms with Crippen molar-refractivity contribution in [1.82, 2.24) is 14.9 Å². The van der Waals surface area contributed by atoms with Gasteiger partial charge in [-0.05, 0) is 36.6 Å². The average molecular weight is 342 g/mol. The fraction of sp³-hybridized carbons (Fsp3) is 0.500. The smallest absolute Gasteiger partial charge is 0.222 e. The number of hydrogen-bond donors (Lipinski definition) is 0. The number of thiophene rings is 1. The summed E-state index contributed by atoms with van der Waals surface area (Å²) >= 11 is 1.78. The van der Waals surface area contributed by atoms with Gasteiger partial charge in [-0.3, -0.25) is 9.78 Å². The molecular weight excluding hydrogens is 320 g/mol. The van der Waals surface area contributed by atoms with E-state index < -0.39 is 0 Å². The van der Waals surface area contributed by atoms with Crippen molar-refractivity contribution >= 4 is 23.1 Å². The molecule has 2 aliphatic rings. The molecule has 1 amide bonds. The quantitative estimate of drug-likeness (QED) is 0.857. The summed E-state index contributed by atoms with van der Waals surface area (Å²) in [6.07, 6.45) is 8.97. The summed E-state index contributed by atoms with van der Waals surface area (Å²) in [5, 5.41) is 2.11. The topological polar surface area (TPSA) is 49.3 Å². The van der Waals surface area contributed by atoms with Gasteiger partial charge >= 0.3 is 0 Å². The molecule has 6 heteroatoms. The largest absolute Gasteiger partial charge is 0.355 e. The number of fused-ring (bicyclic) bond motifs is 1. The molecule has 0 N–H and O–H groups in total. The van der Waals surface area contributed by atoms with Crippen LogP contribution in [0.4, 0.5) is 5.82 Å². The van der Waals surface area contributed by atoms with Gasteiger partial charge in [0, 0.05) is 49.4 Å². The number of anilines is 1. The molecule has 0 aromatic carbocycles. The second-order valence-corrected chi connectivity index (χ2v) is 7.61. The number of nitrogens with zero attached hydrogens (tertiary/aromatic N) is 4. The number of hydrogen-bond acceptors (Lipinski definition) is 5. The highest BCUT2D eigenvalue weighted by Crippen LogP contribution is 2.32. The van der Waals surface area contributed by atoms with Crippen LogP contribution in [0.15, 0.2) is 36.1 Å². The van der Waals surface area contributed by atoms with Gasteiger partial charge in [0.25, 0.3) is 0 Å². The monoisotopic (exact) mass is 342 g/mol. The summed E-state index contributed by atoms with van der Waals surface area (Å²) in [6.45, 7) is 2.78. The number of carbonyl (C=O) groups is 1. The highest BCUT2D eigenvalue weighted by atomic mass is 32.1. The van der Waals surface area contributed by atoms with E-state index in [0.29, 0.717) is 24.3 Å². The van der Waals surface area contributed by atoms with Gasteiger partial charge in [-0.1, -0.05) is 6.07 Å². The summed E-state index contributed by atoms with van der Waals surface area (Å²) in [6, 6.07) is 4.63. The molecule has 24 heavy (non-hydrogen) atoms. The van der Waals surface area contributed by atoms with Gasteiger partial charge in [0.1, 0.15) is 5.82 Å². The van der Waals surface area contributed by atoms with Crippen molar-refractivity contribution < 1.29 is 4.79 Å². The molecule has 2 aromatic rings. The van der Waals surface area contributed by atoms with Gasteiger partial charge in [-0.25, -0.2) is 4.98 Å². The van der Waals surface area contributed by atoms with Crippen LogP contribution in [0.5, 0.6) is 0 Å². The minimum atomic E-state index is 0.334. The van der Waals surface area contributed by atoms with Crippen molar-refractivity contribution in [1.29, 1.82) is 0 Å². The molecule has 2 fully saturated rings. The highest BCUT2D eigenvalue weighted by Gasteiger charge is 2.39. The van der Waals surface area contributed by atoms with Crippen LogP contribution in [0.3, 0.4) is 0 Å². The first-order valence-corrected chi connectivity index (χ1v) is 9.52. The highest BCUT2D eigenvalue weighted by molar-refractivity contribution is 7.09. The molecule has 2 aliphatic heterocycles. The van der Waals surface area contributed by atoms with E-state index >= 15 is 0 Å². The van der Waals surface area contributed by atoms with Crippen molar-refractivity contribution in [2.75, 3.05) is 24.5 Å². The Kier molecular flexibility index (Phi) is 4.47. The predicted molar refractivity (Wildman–Crippen MR) is 95.1 cm³/mol. The van der Waals surface area contributed by atoms with Gasteiger partial charge in [0.15, 0.2) is 0 Å². The van der Waals surface area contributed by atoms with Crippen LogP contribution in [-0.4, -0.2) is 46.5 Å². The van der Waals surface area contributed by atoms with Crippen LogP contribution < -0.4 is 4.90 Å². The fourth-order valence-electron chi connectivity index (χ4n) is 3.99. The van der Waals surface area contributed by atoms with Crippen LogP contribution in [-0.2, 0) is 11.2 Å². The molecule has 4 rings (SSSR count). The Morgan fingerprint density at radius 3 is 3.04 bits per heavy atom. The predicted octanol–water partition coefficient (Wildman–Crippen LogP) is 2.60. The van der Waals surface area contributed by atoms with E-state index in [1.165, 1.54) is 4.88 Å². The zero-order chi connectivity index (χ0) is 16.4. The van der Waals surface area contributed by atoms with Gasteiger partial charge in [-0.15, -0.1) is 11.3 Å². The minimum Gasteiger partial charge on any atom is -0.355 e. The number of amides is 1. The fourth-order valence-corrected chi connectivity index (χ4v) is 4.69. The Hall–Kier alpha value is -1.95. The SMILES string of the molecule is O=C1CC[C@@H]2CN(c3cnccn3)CC[C@@H]2N1CCc1cccs1. The summed E-state index contributed by atoms with van der Waals surface area (Å²) in [4.78, 5) is 26.9. The molecule has 2 atom stereocenters. The van der Waals surface area contributed by atoms with E-state index in [2.05, 4.69) is 37.3 Å².